The van der Waals surface area contributed by atoms with Crippen LogP contribution in [0.15, 0.2) is 0 Å². The van der Waals surface area contributed by atoms with Gasteiger partial charge in [-0.15, -0.1) is 0 Å². The van der Waals surface area contributed by atoms with Crippen molar-refractivity contribution in [3.8, 4) is 0 Å². The lowest BCUT2D eigenvalue weighted by Gasteiger charge is -2.43. The van der Waals surface area contributed by atoms with E-state index in [-0.39, 0.29) is 12.6 Å². The molecule has 1 heterocycles. The normalized spacial score (nSPS) is 34.5. The molecular formula is C7H12N2O4. The van der Waals surface area contributed by atoms with Gasteiger partial charge in [-0.25, -0.2) is 0 Å². The summed E-state index contributed by atoms with van der Waals surface area (Å²) in [6.07, 6.45) is -1.77. The molecule has 1 saturated heterocycles. The highest BCUT2D eigenvalue weighted by molar-refractivity contribution is 5.52. The number of piperazine rings is 1. The van der Waals surface area contributed by atoms with Crippen molar-refractivity contribution in [3.05, 3.63) is 0 Å². The first kappa shape index (κ1) is 9.94. The van der Waals surface area contributed by atoms with Gasteiger partial charge in [0, 0.05) is 12.6 Å². The zero-order chi connectivity index (χ0) is 10.0. The second-order valence-corrected chi connectivity index (χ2v) is 3.03. The summed E-state index contributed by atoms with van der Waals surface area (Å²) in [4.78, 5) is 23.0. The Labute approximate surface area is 75.4 Å². The van der Waals surface area contributed by atoms with Crippen molar-refractivity contribution in [1.29, 1.82) is 0 Å². The van der Waals surface area contributed by atoms with Gasteiger partial charge in [-0.05, 0) is 6.92 Å². The minimum Gasteiger partial charge on any atom is -0.369 e. The second kappa shape index (κ2) is 3.71. The molecule has 3 atom stereocenters. The maximum Gasteiger partial charge on any atom is 0.212 e. The number of amides is 2. The van der Waals surface area contributed by atoms with Gasteiger partial charge < -0.3 is 20.0 Å². The van der Waals surface area contributed by atoms with E-state index in [4.69, 9.17) is 0 Å². The standard InChI is InChI=1S/C7H12N2O4/c1-5-2-8(3-10)6(12)7(13)9(5)4-11/h3-7,12-13H,2H2,1H3/t5-,6+,7+/m1/s1. The molecule has 0 aliphatic carbocycles. The van der Waals surface area contributed by atoms with Crippen LogP contribution >= 0.6 is 0 Å². The third-order valence-corrected chi connectivity index (χ3v) is 2.15. The van der Waals surface area contributed by atoms with Crippen molar-refractivity contribution in [3.63, 3.8) is 0 Å². The quantitative estimate of drug-likeness (QED) is 0.488. The van der Waals surface area contributed by atoms with Gasteiger partial charge in [0.1, 0.15) is 0 Å². The fraction of sp³-hybridized carbons (Fsp3) is 0.714. The van der Waals surface area contributed by atoms with Crippen LogP contribution in [-0.2, 0) is 9.59 Å². The Morgan fingerprint density at radius 1 is 1.23 bits per heavy atom. The van der Waals surface area contributed by atoms with Crippen LogP contribution in [-0.4, -0.2) is 57.9 Å². The van der Waals surface area contributed by atoms with Crippen LogP contribution < -0.4 is 0 Å². The van der Waals surface area contributed by atoms with E-state index in [1.165, 1.54) is 0 Å². The fourth-order valence-corrected chi connectivity index (χ4v) is 1.36. The lowest BCUT2D eigenvalue weighted by molar-refractivity contribution is -0.191. The monoisotopic (exact) mass is 188 g/mol. The third-order valence-electron chi connectivity index (χ3n) is 2.15. The first-order valence-electron chi connectivity index (χ1n) is 3.91. The highest BCUT2D eigenvalue weighted by Gasteiger charge is 2.36. The Balaban J connectivity index is 2.77. The minimum atomic E-state index is -1.34. The van der Waals surface area contributed by atoms with E-state index in [0.717, 1.165) is 9.80 Å². The molecule has 1 fully saturated rings. The summed E-state index contributed by atoms with van der Waals surface area (Å²) in [5.41, 5.74) is 0. The molecule has 1 rings (SSSR count). The number of aliphatic hydroxyl groups is 2. The van der Waals surface area contributed by atoms with E-state index >= 15 is 0 Å². The zero-order valence-electron chi connectivity index (χ0n) is 7.20. The van der Waals surface area contributed by atoms with Crippen molar-refractivity contribution in [2.75, 3.05) is 6.54 Å². The van der Waals surface area contributed by atoms with Crippen molar-refractivity contribution >= 4 is 12.8 Å². The molecule has 2 N–H and O–H groups in total. The van der Waals surface area contributed by atoms with Crippen molar-refractivity contribution in [2.24, 2.45) is 0 Å². The number of nitrogens with zero attached hydrogens (tertiary/aromatic N) is 2. The average molecular weight is 188 g/mol. The third kappa shape index (κ3) is 1.63. The average Bonchev–Trinajstić information content (AvgIpc) is 2.12. The summed E-state index contributed by atoms with van der Waals surface area (Å²) in [6.45, 7) is 1.90. The predicted molar refractivity (Wildman–Crippen MR) is 42.1 cm³/mol. The first-order valence-corrected chi connectivity index (χ1v) is 3.91. The number of carbonyl (C=O) groups is 2. The summed E-state index contributed by atoms with van der Waals surface area (Å²) in [7, 11) is 0. The molecule has 6 nitrogen and oxygen atoms in total. The summed E-state index contributed by atoms with van der Waals surface area (Å²) in [5, 5.41) is 18.7. The molecule has 1 aliphatic rings. The molecule has 2 amide bonds. The topological polar surface area (TPSA) is 81.1 Å². The van der Waals surface area contributed by atoms with E-state index in [0.29, 0.717) is 12.8 Å². The van der Waals surface area contributed by atoms with Gasteiger partial charge >= 0.3 is 0 Å². The number of hydrogen-bond acceptors (Lipinski definition) is 4. The fourth-order valence-electron chi connectivity index (χ4n) is 1.36. The highest BCUT2D eigenvalue weighted by atomic mass is 16.4. The van der Waals surface area contributed by atoms with Crippen LogP contribution in [0.25, 0.3) is 0 Å². The van der Waals surface area contributed by atoms with Crippen LogP contribution in [0, 0.1) is 0 Å². The molecule has 0 unspecified atom stereocenters. The van der Waals surface area contributed by atoms with Gasteiger partial charge in [0.25, 0.3) is 0 Å². The number of aliphatic hydroxyl groups excluding tert-OH is 2. The summed E-state index contributed by atoms with van der Waals surface area (Å²) in [5.74, 6) is 0. The number of rotatable bonds is 2. The Morgan fingerprint density at radius 3 is 2.31 bits per heavy atom. The molecule has 1 aliphatic heterocycles. The smallest absolute Gasteiger partial charge is 0.212 e. The van der Waals surface area contributed by atoms with E-state index in [9.17, 15) is 19.8 Å². The molecule has 0 aromatic rings. The van der Waals surface area contributed by atoms with Gasteiger partial charge in [0.15, 0.2) is 12.5 Å². The summed E-state index contributed by atoms with van der Waals surface area (Å²) < 4.78 is 0. The lowest BCUT2D eigenvalue weighted by atomic mass is 10.2. The molecule has 74 valence electrons. The van der Waals surface area contributed by atoms with Gasteiger partial charge in [-0.3, -0.25) is 9.59 Å². The summed E-state index contributed by atoms with van der Waals surface area (Å²) in [6, 6.07) is -0.291. The number of hydrogen-bond donors (Lipinski definition) is 2. The van der Waals surface area contributed by atoms with Gasteiger partial charge in [0.05, 0.1) is 0 Å². The van der Waals surface area contributed by atoms with Crippen LogP contribution in [0.3, 0.4) is 0 Å². The second-order valence-electron chi connectivity index (χ2n) is 3.03. The Bertz CT molecular complexity index is 211. The Morgan fingerprint density at radius 2 is 1.85 bits per heavy atom. The van der Waals surface area contributed by atoms with E-state index in [2.05, 4.69) is 0 Å². The molecule has 0 aromatic carbocycles. The summed E-state index contributed by atoms with van der Waals surface area (Å²) >= 11 is 0. The van der Waals surface area contributed by atoms with Gasteiger partial charge in [0.2, 0.25) is 12.8 Å². The molecule has 0 radical (unpaired) electrons. The van der Waals surface area contributed by atoms with Gasteiger partial charge in [-0.1, -0.05) is 0 Å². The van der Waals surface area contributed by atoms with Crippen molar-refractivity contribution in [1.82, 2.24) is 9.80 Å². The SMILES string of the molecule is C[C@@H]1CN(C=O)[C@@H](O)[C@H](O)N1C=O. The van der Waals surface area contributed by atoms with Crippen LogP contribution in [0.4, 0.5) is 0 Å². The molecule has 6 heteroatoms. The van der Waals surface area contributed by atoms with E-state index in [1.807, 2.05) is 0 Å². The van der Waals surface area contributed by atoms with Crippen molar-refractivity contribution < 1.29 is 19.8 Å². The molecule has 0 bridgehead atoms. The van der Waals surface area contributed by atoms with E-state index in [1.54, 1.807) is 6.92 Å². The maximum atomic E-state index is 10.5. The molecule has 13 heavy (non-hydrogen) atoms. The maximum absolute atomic E-state index is 10.5. The van der Waals surface area contributed by atoms with Crippen LogP contribution in [0.2, 0.25) is 0 Å². The van der Waals surface area contributed by atoms with E-state index < -0.39 is 12.5 Å². The predicted octanol–water partition coefficient (Wildman–Crippen LogP) is -2.06. The Hall–Kier alpha value is -1.14. The minimum absolute atomic E-state index is 0.223. The van der Waals surface area contributed by atoms with Crippen molar-refractivity contribution in [2.45, 2.75) is 25.4 Å². The Kier molecular flexibility index (Phi) is 2.84. The lowest BCUT2D eigenvalue weighted by Crippen LogP contribution is -2.62. The molecule has 0 saturated carbocycles. The molecule has 0 aromatic heterocycles. The van der Waals surface area contributed by atoms with Crippen LogP contribution in [0.5, 0.6) is 0 Å². The molecular weight excluding hydrogens is 176 g/mol. The molecule has 0 spiro atoms. The highest BCUT2D eigenvalue weighted by Crippen LogP contribution is 2.15. The van der Waals surface area contributed by atoms with Crippen LogP contribution in [0.1, 0.15) is 6.92 Å². The largest absolute Gasteiger partial charge is 0.369 e. The zero-order valence-corrected chi connectivity index (χ0v) is 7.20. The van der Waals surface area contributed by atoms with Gasteiger partial charge in [-0.2, -0.15) is 0 Å². The first-order chi connectivity index (χ1) is 6.11. The number of carbonyl (C=O) groups excluding carboxylic acids is 2.